The lowest BCUT2D eigenvalue weighted by atomic mass is 10.1. The number of hydrogen-bond donors (Lipinski definition) is 2. The molecule has 0 bridgehead atoms. The predicted molar refractivity (Wildman–Crippen MR) is 95.5 cm³/mol. The normalized spacial score (nSPS) is 17.7. The van der Waals surface area contributed by atoms with Crippen molar-refractivity contribution in [2.75, 3.05) is 19.6 Å². The first kappa shape index (κ1) is 20.2. The summed E-state index contributed by atoms with van der Waals surface area (Å²) in [7, 11) is 0. The lowest BCUT2D eigenvalue weighted by molar-refractivity contribution is 0.0493. The highest BCUT2D eigenvalue weighted by atomic mass is 16.6. The fraction of sp³-hybridized carbons (Fsp3) is 0.944. The molecule has 5 heteroatoms. The van der Waals surface area contributed by atoms with Crippen LogP contribution in [0.1, 0.15) is 66.7 Å². The van der Waals surface area contributed by atoms with Crippen molar-refractivity contribution in [2.45, 2.75) is 84.4 Å². The summed E-state index contributed by atoms with van der Waals surface area (Å²) in [6.45, 7) is 12.3. The van der Waals surface area contributed by atoms with Crippen LogP contribution in [0.3, 0.4) is 0 Å². The van der Waals surface area contributed by atoms with Gasteiger partial charge in [-0.15, -0.1) is 0 Å². The molecule has 0 spiro atoms. The van der Waals surface area contributed by atoms with Gasteiger partial charge >= 0.3 is 6.09 Å². The van der Waals surface area contributed by atoms with E-state index in [9.17, 15) is 4.79 Å². The number of nitrogens with two attached hydrogens (primary N) is 1. The van der Waals surface area contributed by atoms with E-state index in [1.54, 1.807) is 0 Å². The van der Waals surface area contributed by atoms with Crippen molar-refractivity contribution in [2.24, 2.45) is 11.7 Å². The minimum atomic E-state index is -0.467. The van der Waals surface area contributed by atoms with Crippen molar-refractivity contribution in [3.63, 3.8) is 0 Å². The monoisotopic (exact) mass is 327 g/mol. The third-order valence-electron chi connectivity index (χ3n) is 4.38. The lowest BCUT2D eigenvalue weighted by Gasteiger charge is -2.36. The predicted octanol–water partition coefficient (Wildman–Crippen LogP) is 3.13. The molecule has 3 N–H and O–H groups in total. The number of amides is 1. The average molecular weight is 328 g/mol. The van der Waals surface area contributed by atoms with Crippen LogP contribution in [-0.4, -0.2) is 48.3 Å². The molecule has 1 saturated carbocycles. The Balaban J connectivity index is 2.58. The Hall–Kier alpha value is -0.810. The smallest absolute Gasteiger partial charge is 0.407 e. The number of ether oxygens (including phenoxy) is 1. The van der Waals surface area contributed by atoms with Crippen molar-refractivity contribution in [3.8, 4) is 0 Å². The molecule has 0 saturated heterocycles. The highest BCUT2D eigenvalue weighted by Crippen LogP contribution is 2.25. The maximum atomic E-state index is 11.9. The Kier molecular flexibility index (Phi) is 8.34. The molecule has 1 amide bonds. The Morgan fingerprint density at radius 3 is 2.39 bits per heavy atom. The van der Waals surface area contributed by atoms with E-state index >= 15 is 0 Å². The number of rotatable bonds is 8. The van der Waals surface area contributed by atoms with Crippen molar-refractivity contribution in [1.29, 1.82) is 0 Å². The van der Waals surface area contributed by atoms with Gasteiger partial charge in [-0.05, 0) is 52.5 Å². The third-order valence-corrected chi connectivity index (χ3v) is 4.38. The number of nitrogens with one attached hydrogen (secondary N) is 1. The second-order valence-electron chi connectivity index (χ2n) is 8.13. The topological polar surface area (TPSA) is 67.6 Å². The molecular weight excluding hydrogens is 290 g/mol. The molecule has 0 radical (unpaired) electrons. The fourth-order valence-electron chi connectivity index (χ4n) is 3.16. The van der Waals surface area contributed by atoms with Gasteiger partial charge in [0.15, 0.2) is 0 Å². The molecule has 1 atom stereocenters. The molecule has 5 nitrogen and oxygen atoms in total. The minimum Gasteiger partial charge on any atom is -0.444 e. The van der Waals surface area contributed by atoms with E-state index in [0.717, 1.165) is 6.54 Å². The first-order chi connectivity index (χ1) is 10.7. The van der Waals surface area contributed by atoms with E-state index in [1.165, 1.54) is 32.1 Å². The molecule has 136 valence electrons. The van der Waals surface area contributed by atoms with Crippen LogP contribution < -0.4 is 11.1 Å². The highest BCUT2D eigenvalue weighted by molar-refractivity contribution is 5.67. The molecule has 23 heavy (non-hydrogen) atoms. The molecule has 0 aromatic heterocycles. The van der Waals surface area contributed by atoms with Gasteiger partial charge in [0.25, 0.3) is 0 Å². The first-order valence-electron chi connectivity index (χ1n) is 9.15. The van der Waals surface area contributed by atoms with Crippen molar-refractivity contribution < 1.29 is 9.53 Å². The summed E-state index contributed by atoms with van der Waals surface area (Å²) in [5.41, 5.74) is 5.56. The molecule has 0 aliphatic heterocycles. The Morgan fingerprint density at radius 1 is 1.30 bits per heavy atom. The molecule has 1 aliphatic rings. The van der Waals surface area contributed by atoms with E-state index < -0.39 is 5.60 Å². The van der Waals surface area contributed by atoms with E-state index in [4.69, 9.17) is 10.5 Å². The maximum absolute atomic E-state index is 11.9. The quantitative estimate of drug-likeness (QED) is 0.719. The van der Waals surface area contributed by atoms with Crippen molar-refractivity contribution in [3.05, 3.63) is 0 Å². The number of carbonyl (C=O) groups excluding carboxylic acids is 1. The molecule has 1 rings (SSSR count). The van der Waals surface area contributed by atoms with E-state index in [-0.39, 0.29) is 12.1 Å². The van der Waals surface area contributed by atoms with E-state index in [2.05, 4.69) is 24.1 Å². The molecule has 0 aromatic carbocycles. The zero-order valence-corrected chi connectivity index (χ0v) is 15.7. The number of carbonyl (C=O) groups is 1. The van der Waals surface area contributed by atoms with Crippen LogP contribution in [0.25, 0.3) is 0 Å². The SMILES string of the molecule is CC(C)CCN(C1CCCC1)C(CN)CNC(=O)OC(C)(C)C. The van der Waals surface area contributed by atoms with Crippen LogP contribution in [0.4, 0.5) is 4.79 Å². The molecule has 1 unspecified atom stereocenters. The second kappa shape index (κ2) is 9.48. The zero-order valence-electron chi connectivity index (χ0n) is 15.7. The summed E-state index contributed by atoms with van der Waals surface area (Å²) < 4.78 is 5.33. The van der Waals surface area contributed by atoms with Crippen LogP contribution in [0.5, 0.6) is 0 Å². The summed E-state index contributed by atoms with van der Waals surface area (Å²) >= 11 is 0. The summed E-state index contributed by atoms with van der Waals surface area (Å²) in [5.74, 6) is 0.677. The van der Waals surface area contributed by atoms with E-state index in [0.29, 0.717) is 25.0 Å². The lowest BCUT2D eigenvalue weighted by Crippen LogP contribution is -2.52. The Morgan fingerprint density at radius 2 is 1.91 bits per heavy atom. The van der Waals surface area contributed by atoms with Crippen LogP contribution >= 0.6 is 0 Å². The van der Waals surface area contributed by atoms with Gasteiger partial charge < -0.3 is 15.8 Å². The molecule has 0 heterocycles. The largest absolute Gasteiger partial charge is 0.444 e. The van der Waals surface area contributed by atoms with Gasteiger partial charge in [-0.2, -0.15) is 0 Å². The van der Waals surface area contributed by atoms with Gasteiger partial charge in [0.1, 0.15) is 5.60 Å². The highest BCUT2D eigenvalue weighted by Gasteiger charge is 2.28. The standard InChI is InChI=1S/C18H37N3O2/c1-14(2)10-11-21(15-8-6-7-9-15)16(12-19)13-20-17(22)23-18(3,4)5/h14-16H,6-13,19H2,1-5H3,(H,20,22). The first-order valence-corrected chi connectivity index (χ1v) is 9.15. The Bertz CT molecular complexity index is 347. The van der Waals surface area contributed by atoms with E-state index in [1.807, 2.05) is 20.8 Å². The number of alkyl carbamates (subject to hydrolysis) is 1. The third kappa shape index (κ3) is 8.02. The summed E-state index contributed by atoms with van der Waals surface area (Å²) in [5, 5.41) is 2.90. The Labute approximate surface area is 142 Å². The molecule has 0 aromatic rings. The van der Waals surface area contributed by atoms with Gasteiger partial charge in [0.2, 0.25) is 0 Å². The molecule has 1 fully saturated rings. The summed E-state index contributed by atoms with van der Waals surface area (Å²) in [6, 6.07) is 0.798. The van der Waals surface area contributed by atoms with Crippen molar-refractivity contribution >= 4 is 6.09 Å². The summed E-state index contributed by atoms with van der Waals surface area (Å²) in [6.07, 6.45) is 5.92. The zero-order chi connectivity index (χ0) is 17.5. The number of hydrogen-bond acceptors (Lipinski definition) is 4. The van der Waals surface area contributed by atoms with Crippen LogP contribution in [0.15, 0.2) is 0 Å². The van der Waals surface area contributed by atoms with Gasteiger partial charge in [0, 0.05) is 25.2 Å². The number of nitrogens with zero attached hydrogens (tertiary/aromatic N) is 1. The maximum Gasteiger partial charge on any atom is 0.407 e. The van der Waals surface area contributed by atoms with Crippen molar-refractivity contribution in [1.82, 2.24) is 10.2 Å². The van der Waals surface area contributed by atoms with Gasteiger partial charge in [-0.1, -0.05) is 26.7 Å². The average Bonchev–Trinajstić information content (AvgIpc) is 2.93. The van der Waals surface area contributed by atoms with Gasteiger partial charge in [0.05, 0.1) is 0 Å². The van der Waals surface area contributed by atoms with Gasteiger partial charge in [-0.3, -0.25) is 4.90 Å². The fourth-order valence-corrected chi connectivity index (χ4v) is 3.16. The van der Waals surface area contributed by atoms with Crippen LogP contribution in [0, 0.1) is 5.92 Å². The second-order valence-corrected chi connectivity index (χ2v) is 8.13. The molecular formula is C18H37N3O2. The minimum absolute atomic E-state index is 0.185. The van der Waals surface area contributed by atoms with Crippen LogP contribution in [-0.2, 0) is 4.74 Å². The van der Waals surface area contributed by atoms with Crippen LogP contribution in [0.2, 0.25) is 0 Å². The molecule has 1 aliphatic carbocycles. The summed E-state index contributed by atoms with van der Waals surface area (Å²) in [4.78, 5) is 14.4. The van der Waals surface area contributed by atoms with Gasteiger partial charge in [-0.25, -0.2) is 4.79 Å².